The molecule has 3 aromatic rings. The number of nitrogens with zero attached hydrogens (tertiary/aromatic N) is 2. The highest BCUT2D eigenvalue weighted by atomic mass is 32.2. The minimum absolute atomic E-state index is 0.0480. The van der Waals surface area contributed by atoms with Crippen LogP contribution in [0.2, 0.25) is 0 Å². The number of rotatable bonds is 9. The number of amides is 1. The molecule has 2 aromatic carbocycles. The molecule has 29 heavy (non-hydrogen) atoms. The van der Waals surface area contributed by atoms with Crippen LogP contribution in [0, 0.1) is 0 Å². The highest BCUT2D eigenvalue weighted by molar-refractivity contribution is 7.99. The molecule has 1 heterocycles. The van der Waals surface area contributed by atoms with Crippen LogP contribution in [0.15, 0.2) is 64.5 Å². The third-order valence-electron chi connectivity index (χ3n) is 4.91. The number of benzene rings is 2. The van der Waals surface area contributed by atoms with Gasteiger partial charge in [-0.2, -0.15) is 0 Å². The number of anilines is 1. The number of thioether (sulfide) groups is 1. The van der Waals surface area contributed by atoms with E-state index in [9.17, 15) is 9.59 Å². The van der Waals surface area contributed by atoms with Gasteiger partial charge in [0, 0.05) is 5.69 Å². The molecule has 152 valence electrons. The van der Waals surface area contributed by atoms with Crippen LogP contribution in [0.5, 0.6) is 0 Å². The maximum absolute atomic E-state index is 13.1. The third-order valence-corrected chi connectivity index (χ3v) is 5.88. The van der Waals surface area contributed by atoms with Gasteiger partial charge in [0.05, 0.1) is 42.8 Å². The summed E-state index contributed by atoms with van der Waals surface area (Å²) in [5, 5.41) is 4.07. The first kappa shape index (κ1) is 21.1. The number of fused-ring (bicyclic) bond motifs is 1. The van der Waals surface area contributed by atoms with Gasteiger partial charge < -0.3 is 10.2 Å². The van der Waals surface area contributed by atoms with Crippen LogP contribution >= 0.6 is 11.8 Å². The summed E-state index contributed by atoms with van der Waals surface area (Å²) < 4.78 is 1.72. The van der Waals surface area contributed by atoms with Crippen molar-refractivity contribution in [3.8, 4) is 0 Å². The number of likely N-dealkylation sites (N-methyl/N-ethyl adjacent to an activating group) is 1. The summed E-state index contributed by atoms with van der Waals surface area (Å²) in [6.45, 7) is 7.73. The molecule has 0 aliphatic rings. The number of para-hydroxylation sites is 2. The molecule has 0 spiro atoms. The van der Waals surface area contributed by atoms with Crippen LogP contribution in [0.4, 0.5) is 5.69 Å². The van der Waals surface area contributed by atoms with E-state index in [0.29, 0.717) is 22.6 Å². The quantitative estimate of drug-likeness (QED) is 0.418. The Morgan fingerprint density at radius 3 is 2.48 bits per heavy atom. The summed E-state index contributed by atoms with van der Waals surface area (Å²) >= 11 is 1.30. The van der Waals surface area contributed by atoms with Crippen molar-refractivity contribution in [1.29, 1.82) is 0 Å². The van der Waals surface area contributed by atoms with Crippen molar-refractivity contribution in [2.75, 3.05) is 30.7 Å². The van der Waals surface area contributed by atoms with E-state index in [4.69, 9.17) is 0 Å². The normalized spacial score (nSPS) is 11.1. The molecular formula is C22H27N4O2S+. The number of quaternary nitrogens is 1. The Labute approximate surface area is 174 Å². The van der Waals surface area contributed by atoms with E-state index in [1.807, 2.05) is 54.6 Å². The molecule has 3 rings (SSSR count). The molecule has 2 N–H and O–H groups in total. The Morgan fingerprint density at radius 1 is 1.07 bits per heavy atom. The zero-order chi connectivity index (χ0) is 20.6. The maximum atomic E-state index is 13.1. The lowest BCUT2D eigenvalue weighted by Gasteiger charge is -2.18. The van der Waals surface area contributed by atoms with Crippen LogP contribution < -0.4 is 15.8 Å². The first-order valence-corrected chi connectivity index (χ1v) is 10.9. The minimum atomic E-state index is -0.121. The fourth-order valence-electron chi connectivity index (χ4n) is 3.18. The Bertz CT molecular complexity index is 1020. The van der Waals surface area contributed by atoms with Gasteiger partial charge in [0.15, 0.2) is 5.16 Å². The average Bonchev–Trinajstić information content (AvgIpc) is 2.75. The minimum Gasteiger partial charge on any atom is -0.334 e. The molecule has 1 aromatic heterocycles. The van der Waals surface area contributed by atoms with Gasteiger partial charge in [-0.15, -0.1) is 0 Å². The zero-order valence-electron chi connectivity index (χ0n) is 16.9. The third kappa shape index (κ3) is 5.46. The maximum Gasteiger partial charge on any atom is 0.262 e. The summed E-state index contributed by atoms with van der Waals surface area (Å²) in [7, 11) is 0. The van der Waals surface area contributed by atoms with Gasteiger partial charge in [0.1, 0.15) is 0 Å². The zero-order valence-corrected chi connectivity index (χ0v) is 17.7. The number of carbonyl (C=O) groups is 1. The molecule has 0 saturated heterocycles. The average molecular weight is 412 g/mol. The fourth-order valence-corrected chi connectivity index (χ4v) is 4.00. The van der Waals surface area contributed by atoms with Crippen LogP contribution in [0.1, 0.15) is 13.8 Å². The van der Waals surface area contributed by atoms with Gasteiger partial charge in [-0.1, -0.05) is 42.1 Å². The van der Waals surface area contributed by atoms with Gasteiger partial charge in [-0.25, -0.2) is 4.98 Å². The van der Waals surface area contributed by atoms with E-state index in [1.54, 1.807) is 4.57 Å². The molecule has 0 fully saturated rings. The van der Waals surface area contributed by atoms with Crippen molar-refractivity contribution in [2.24, 2.45) is 0 Å². The van der Waals surface area contributed by atoms with Crippen LogP contribution in [-0.4, -0.2) is 40.8 Å². The number of nitrogens with one attached hydrogen (secondary N) is 2. The summed E-state index contributed by atoms with van der Waals surface area (Å²) in [4.78, 5) is 31.5. The van der Waals surface area contributed by atoms with Gasteiger partial charge in [0.25, 0.3) is 5.56 Å². The van der Waals surface area contributed by atoms with Gasteiger partial charge in [-0.3, -0.25) is 14.2 Å². The molecule has 7 heteroatoms. The second-order valence-corrected chi connectivity index (χ2v) is 7.72. The number of hydrogen-bond donors (Lipinski definition) is 2. The molecule has 1 amide bonds. The van der Waals surface area contributed by atoms with Crippen LogP contribution in [-0.2, 0) is 11.3 Å². The summed E-state index contributed by atoms with van der Waals surface area (Å²) in [6.07, 6.45) is 0. The van der Waals surface area contributed by atoms with E-state index in [1.165, 1.54) is 16.7 Å². The lowest BCUT2D eigenvalue weighted by atomic mass is 10.2. The van der Waals surface area contributed by atoms with Gasteiger partial charge >= 0.3 is 0 Å². The van der Waals surface area contributed by atoms with Gasteiger partial charge in [-0.05, 0) is 38.1 Å². The van der Waals surface area contributed by atoms with E-state index in [2.05, 4.69) is 24.1 Å². The second-order valence-electron chi connectivity index (χ2n) is 6.78. The first-order valence-electron chi connectivity index (χ1n) is 9.93. The van der Waals surface area contributed by atoms with Crippen molar-refractivity contribution in [3.63, 3.8) is 0 Å². The number of hydrogen-bond acceptors (Lipinski definition) is 4. The monoisotopic (exact) mass is 411 g/mol. The Morgan fingerprint density at radius 2 is 1.76 bits per heavy atom. The van der Waals surface area contributed by atoms with E-state index < -0.39 is 0 Å². The predicted octanol–water partition coefficient (Wildman–Crippen LogP) is 2.05. The Hall–Kier alpha value is -2.64. The van der Waals surface area contributed by atoms with E-state index >= 15 is 0 Å². The molecule has 0 unspecified atom stereocenters. The second kappa shape index (κ2) is 10.2. The molecule has 0 atom stereocenters. The summed E-state index contributed by atoms with van der Waals surface area (Å²) in [6, 6.07) is 16.7. The standard InChI is InChI=1S/C22H26N4O2S/c1-3-25(4-2)14-15-26-21(28)18-12-8-9-13-19(18)24-22(26)29-16-20(27)23-17-10-6-5-7-11-17/h5-13H,3-4,14-16H2,1-2H3,(H,23,27)/p+1. The Kier molecular flexibility index (Phi) is 7.43. The SMILES string of the molecule is CC[NH+](CC)CCn1c(SCC(=O)Nc2ccccc2)nc2ccccc2c1=O. The Balaban J connectivity index is 1.81. The summed E-state index contributed by atoms with van der Waals surface area (Å²) in [5.74, 6) is 0.0715. The van der Waals surface area contributed by atoms with Gasteiger partial charge in [0.2, 0.25) is 5.91 Å². The van der Waals surface area contributed by atoms with Crippen molar-refractivity contribution >= 4 is 34.3 Å². The predicted molar refractivity (Wildman–Crippen MR) is 119 cm³/mol. The largest absolute Gasteiger partial charge is 0.334 e. The number of carbonyl (C=O) groups excluding carboxylic acids is 1. The molecule has 0 bridgehead atoms. The van der Waals surface area contributed by atoms with E-state index in [0.717, 1.165) is 25.3 Å². The molecule has 6 nitrogen and oxygen atoms in total. The summed E-state index contributed by atoms with van der Waals surface area (Å²) in [5.41, 5.74) is 1.37. The topological polar surface area (TPSA) is 68.4 Å². The highest BCUT2D eigenvalue weighted by Crippen LogP contribution is 2.18. The number of aromatic nitrogens is 2. The molecule has 0 saturated carbocycles. The first-order chi connectivity index (χ1) is 14.1. The molecule has 0 radical (unpaired) electrons. The molecular weight excluding hydrogens is 384 g/mol. The molecule has 0 aliphatic heterocycles. The van der Waals surface area contributed by atoms with Crippen molar-refractivity contribution < 1.29 is 9.69 Å². The van der Waals surface area contributed by atoms with Crippen molar-refractivity contribution in [2.45, 2.75) is 25.5 Å². The lowest BCUT2D eigenvalue weighted by molar-refractivity contribution is -0.897. The smallest absolute Gasteiger partial charge is 0.262 e. The van der Waals surface area contributed by atoms with Crippen molar-refractivity contribution in [3.05, 3.63) is 65.0 Å². The van der Waals surface area contributed by atoms with Crippen LogP contribution in [0.3, 0.4) is 0 Å². The van der Waals surface area contributed by atoms with Crippen molar-refractivity contribution in [1.82, 2.24) is 9.55 Å². The van der Waals surface area contributed by atoms with Crippen LogP contribution in [0.25, 0.3) is 10.9 Å². The molecule has 0 aliphatic carbocycles. The fraction of sp³-hybridized carbons (Fsp3) is 0.318. The lowest BCUT2D eigenvalue weighted by Crippen LogP contribution is -3.11. The highest BCUT2D eigenvalue weighted by Gasteiger charge is 2.15. The van der Waals surface area contributed by atoms with E-state index in [-0.39, 0.29) is 17.2 Å².